The van der Waals surface area contributed by atoms with Crippen LogP contribution < -0.4 is 11.1 Å². The Balaban J connectivity index is 1.86. The third-order valence-electron chi connectivity index (χ3n) is 3.61. The van der Waals surface area contributed by atoms with Crippen LogP contribution in [0.4, 0.5) is 0 Å². The van der Waals surface area contributed by atoms with Crippen molar-refractivity contribution < 1.29 is 9.53 Å². The molecule has 0 bridgehead atoms. The molecule has 1 amide bonds. The summed E-state index contributed by atoms with van der Waals surface area (Å²) in [4.78, 5) is 11.9. The molecule has 15 heavy (non-hydrogen) atoms. The van der Waals surface area contributed by atoms with E-state index in [1.54, 1.807) is 0 Å². The Morgan fingerprint density at radius 3 is 2.73 bits per heavy atom. The molecule has 86 valence electrons. The van der Waals surface area contributed by atoms with Crippen LogP contribution in [0, 0.1) is 5.92 Å². The number of rotatable bonds is 2. The van der Waals surface area contributed by atoms with Crippen LogP contribution in [0.15, 0.2) is 0 Å². The van der Waals surface area contributed by atoms with Gasteiger partial charge in [-0.1, -0.05) is 6.42 Å². The average Bonchev–Trinajstić information content (AvgIpc) is 2.76. The molecule has 1 heterocycles. The Bertz CT molecular complexity index is 245. The van der Waals surface area contributed by atoms with Crippen LogP contribution in [0.5, 0.6) is 0 Å². The molecule has 3 N–H and O–H groups in total. The van der Waals surface area contributed by atoms with Crippen LogP contribution >= 0.6 is 0 Å². The first-order valence-corrected chi connectivity index (χ1v) is 5.86. The molecule has 4 unspecified atom stereocenters. The molecule has 1 saturated heterocycles. The second-order valence-electron chi connectivity index (χ2n) is 4.68. The van der Waals surface area contributed by atoms with Crippen LogP contribution in [0.1, 0.15) is 32.6 Å². The molecular formula is C11H20N2O2. The maximum atomic E-state index is 11.9. The molecule has 1 saturated carbocycles. The van der Waals surface area contributed by atoms with Gasteiger partial charge in [0, 0.05) is 12.6 Å². The van der Waals surface area contributed by atoms with E-state index in [0.29, 0.717) is 0 Å². The van der Waals surface area contributed by atoms with Crippen LogP contribution in [0.2, 0.25) is 0 Å². The average molecular weight is 212 g/mol. The van der Waals surface area contributed by atoms with E-state index in [4.69, 9.17) is 10.5 Å². The Morgan fingerprint density at radius 2 is 2.20 bits per heavy atom. The van der Waals surface area contributed by atoms with Crippen molar-refractivity contribution in [2.75, 3.05) is 6.61 Å². The number of ether oxygens (including phenoxy) is 1. The van der Waals surface area contributed by atoms with Gasteiger partial charge in [-0.3, -0.25) is 4.79 Å². The summed E-state index contributed by atoms with van der Waals surface area (Å²) in [6.07, 6.45) is 4.07. The van der Waals surface area contributed by atoms with E-state index in [-0.39, 0.29) is 30.0 Å². The molecule has 4 nitrogen and oxygen atoms in total. The Hall–Kier alpha value is -0.610. The van der Waals surface area contributed by atoms with E-state index in [9.17, 15) is 4.79 Å². The lowest BCUT2D eigenvalue weighted by molar-refractivity contribution is -0.126. The zero-order valence-corrected chi connectivity index (χ0v) is 9.24. The first kappa shape index (κ1) is 10.9. The molecule has 4 heteroatoms. The molecule has 0 spiro atoms. The van der Waals surface area contributed by atoms with Gasteiger partial charge < -0.3 is 15.8 Å². The van der Waals surface area contributed by atoms with Gasteiger partial charge in [-0.2, -0.15) is 0 Å². The van der Waals surface area contributed by atoms with E-state index >= 15 is 0 Å². The highest BCUT2D eigenvalue weighted by molar-refractivity contribution is 5.80. The lowest BCUT2D eigenvalue weighted by Crippen LogP contribution is -2.45. The lowest BCUT2D eigenvalue weighted by atomic mass is 10.0. The highest BCUT2D eigenvalue weighted by Crippen LogP contribution is 2.24. The van der Waals surface area contributed by atoms with Crippen molar-refractivity contribution in [2.45, 2.75) is 50.8 Å². The van der Waals surface area contributed by atoms with Crippen molar-refractivity contribution in [1.82, 2.24) is 5.32 Å². The maximum Gasteiger partial charge on any atom is 0.224 e. The normalized spacial score (nSPS) is 40.7. The van der Waals surface area contributed by atoms with Crippen molar-refractivity contribution in [3.05, 3.63) is 0 Å². The Labute approximate surface area is 90.5 Å². The molecule has 1 aliphatic heterocycles. The predicted octanol–water partition coefficient (Wildman–Crippen LogP) is 0.407. The number of amides is 1. The van der Waals surface area contributed by atoms with E-state index in [1.807, 2.05) is 6.92 Å². The number of hydrogen-bond acceptors (Lipinski definition) is 3. The molecule has 0 aromatic heterocycles. The van der Waals surface area contributed by atoms with Crippen molar-refractivity contribution >= 4 is 5.91 Å². The minimum Gasteiger partial charge on any atom is -0.376 e. The SMILES string of the molecule is CC1OCCC1NC(=O)C1CCCC1N. The van der Waals surface area contributed by atoms with Crippen molar-refractivity contribution in [3.63, 3.8) is 0 Å². The highest BCUT2D eigenvalue weighted by Gasteiger charge is 2.33. The van der Waals surface area contributed by atoms with Gasteiger partial charge in [-0.25, -0.2) is 0 Å². The highest BCUT2D eigenvalue weighted by atomic mass is 16.5. The number of nitrogens with one attached hydrogen (secondary N) is 1. The van der Waals surface area contributed by atoms with Crippen LogP contribution in [-0.2, 0) is 9.53 Å². The number of carbonyl (C=O) groups is 1. The van der Waals surface area contributed by atoms with Gasteiger partial charge in [0.15, 0.2) is 0 Å². The molecule has 4 atom stereocenters. The smallest absolute Gasteiger partial charge is 0.224 e. The summed E-state index contributed by atoms with van der Waals surface area (Å²) in [6, 6.07) is 0.243. The summed E-state index contributed by atoms with van der Waals surface area (Å²) in [5, 5.41) is 3.06. The predicted molar refractivity (Wildman–Crippen MR) is 57.3 cm³/mol. The first-order chi connectivity index (χ1) is 7.18. The zero-order chi connectivity index (χ0) is 10.8. The second kappa shape index (κ2) is 4.49. The summed E-state index contributed by atoms with van der Waals surface area (Å²) < 4.78 is 5.41. The van der Waals surface area contributed by atoms with Gasteiger partial charge in [-0.15, -0.1) is 0 Å². The monoisotopic (exact) mass is 212 g/mol. The van der Waals surface area contributed by atoms with Crippen LogP contribution in [0.3, 0.4) is 0 Å². The number of nitrogens with two attached hydrogens (primary N) is 1. The molecule has 0 radical (unpaired) electrons. The minimum atomic E-state index is 0.0257. The van der Waals surface area contributed by atoms with Crippen molar-refractivity contribution in [2.24, 2.45) is 11.7 Å². The summed E-state index contributed by atoms with van der Waals surface area (Å²) in [5.41, 5.74) is 5.90. The zero-order valence-electron chi connectivity index (χ0n) is 9.24. The van der Waals surface area contributed by atoms with Crippen molar-refractivity contribution in [3.8, 4) is 0 Å². The number of carbonyl (C=O) groups excluding carboxylic acids is 1. The lowest BCUT2D eigenvalue weighted by Gasteiger charge is -2.20. The summed E-state index contributed by atoms with van der Waals surface area (Å²) >= 11 is 0. The third-order valence-corrected chi connectivity index (χ3v) is 3.61. The largest absolute Gasteiger partial charge is 0.376 e. The Morgan fingerprint density at radius 1 is 1.40 bits per heavy atom. The quantitative estimate of drug-likeness (QED) is 0.696. The van der Waals surface area contributed by atoms with Gasteiger partial charge in [0.2, 0.25) is 5.91 Å². The van der Waals surface area contributed by atoms with Crippen LogP contribution in [-0.4, -0.2) is 30.7 Å². The molecule has 0 aromatic rings. The molecule has 2 rings (SSSR count). The summed E-state index contributed by atoms with van der Waals surface area (Å²) in [6.45, 7) is 2.76. The fourth-order valence-electron chi connectivity index (χ4n) is 2.53. The van der Waals surface area contributed by atoms with E-state index in [0.717, 1.165) is 32.3 Å². The molecule has 2 fully saturated rings. The van der Waals surface area contributed by atoms with E-state index < -0.39 is 0 Å². The van der Waals surface area contributed by atoms with Gasteiger partial charge >= 0.3 is 0 Å². The van der Waals surface area contributed by atoms with Crippen LogP contribution in [0.25, 0.3) is 0 Å². The fourth-order valence-corrected chi connectivity index (χ4v) is 2.53. The fraction of sp³-hybridized carbons (Fsp3) is 0.909. The van der Waals surface area contributed by atoms with Gasteiger partial charge in [0.1, 0.15) is 0 Å². The van der Waals surface area contributed by atoms with Gasteiger partial charge in [0.25, 0.3) is 0 Å². The summed E-state index contributed by atoms with van der Waals surface area (Å²) in [7, 11) is 0. The van der Waals surface area contributed by atoms with Gasteiger partial charge in [-0.05, 0) is 26.2 Å². The first-order valence-electron chi connectivity index (χ1n) is 5.86. The number of hydrogen-bond donors (Lipinski definition) is 2. The molecule has 1 aliphatic carbocycles. The minimum absolute atomic E-state index is 0.0257. The van der Waals surface area contributed by atoms with E-state index in [1.165, 1.54) is 0 Å². The van der Waals surface area contributed by atoms with Crippen molar-refractivity contribution in [1.29, 1.82) is 0 Å². The molecule has 2 aliphatic rings. The third kappa shape index (κ3) is 2.32. The van der Waals surface area contributed by atoms with E-state index in [2.05, 4.69) is 5.32 Å². The molecule has 0 aromatic carbocycles. The summed E-state index contributed by atoms with van der Waals surface area (Å²) in [5.74, 6) is 0.153. The topological polar surface area (TPSA) is 64.3 Å². The Kier molecular flexibility index (Phi) is 3.26. The van der Waals surface area contributed by atoms with Gasteiger partial charge in [0.05, 0.1) is 18.1 Å². The molecular weight excluding hydrogens is 192 g/mol. The standard InChI is InChI=1S/C11H20N2O2/c1-7-10(5-6-15-7)13-11(14)8-3-2-4-9(8)12/h7-10H,2-6,12H2,1H3,(H,13,14). The maximum absolute atomic E-state index is 11.9. The second-order valence-corrected chi connectivity index (χ2v) is 4.68.